The highest BCUT2D eigenvalue weighted by Gasteiger charge is 2.34. The first-order chi connectivity index (χ1) is 6.90. The molecule has 0 saturated carbocycles. The Labute approximate surface area is 88.4 Å². The molecular weight excluding hydrogens is 221 g/mol. The Morgan fingerprint density at radius 1 is 1.27 bits per heavy atom. The Balaban J connectivity index is 4.40. The lowest BCUT2D eigenvalue weighted by Gasteiger charge is -2.14. The summed E-state index contributed by atoms with van der Waals surface area (Å²) in [6.07, 6.45) is 1.52. The number of nitrogens with one attached hydrogen (secondary N) is 1. The van der Waals surface area contributed by atoms with E-state index in [1.807, 2.05) is 6.92 Å². The van der Waals surface area contributed by atoms with E-state index in [0.29, 0.717) is 6.42 Å². The van der Waals surface area contributed by atoms with Crippen molar-refractivity contribution in [1.82, 2.24) is 5.32 Å². The van der Waals surface area contributed by atoms with Gasteiger partial charge >= 0.3 is 11.4 Å². The largest absolute Gasteiger partial charge is 0.477 e. The van der Waals surface area contributed by atoms with Crippen LogP contribution in [0.4, 0.5) is 14.4 Å². The van der Waals surface area contributed by atoms with Crippen LogP contribution in [0.15, 0.2) is 0 Å². The minimum Gasteiger partial charge on any atom is -0.477 e. The second-order valence-electron chi connectivity index (χ2n) is 3.04. The monoisotopic (exact) mass is 235 g/mol. The van der Waals surface area contributed by atoms with Crippen LogP contribution in [0.2, 0.25) is 0 Å². The van der Waals surface area contributed by atoms with E-state index in [2.05, 4.69) is 5.32 Å². The summed E-state index contributed by atoms with van der Waals surface area (Å²) in [5.41, 5.74) is -4.08. The molecule has 0 aromatic heterocycles. The molecule has 15 heavy (non-hydrogen) atoms. The molecule has 1 amide bonds. The van der Waals surface area contributed by atoms with Crippen LogP contribution in [0.3, 0.4) is 0 Å². The van der Waals surface area contributed by atoms with E-state index in [0.717, 1.165) is 6.42 Å². The molecule has 0 rings (SSSR count). The summed E-state index contributed by atoms with van der Waals surface area (Å²) < 4.78 is 0. The van der Waals surface area contributed by atoms with Gasteiger partial charge in [-0.2, -0.15) is 0 Å². The van der Waals surface area contributed by atoms with Gasteiger partial charge in [-0.3, -0.25) is 4.79 Å². The normalized spacial score (nSPS) is 12.2. The third-order valence-corrected chi connectivity index (χ3v) is 2.98. The lowest BCUT2D eigenvalue weighted by Crippen LogP contribution is -2.32. The van der Waals surface area contributed by atoms with Gasteiger partial charge in [0, 0.05) is 6.04 Å². The molecule has 0 saturated heterocycles. The standard InChI is InChI=1S/C8H14NO5P/c1-3-4-5(2)9-6(10)15(7(11)12)8(13)14/h5H,3-4H2,1-2H3,(H,9,10)(H,11,12)(H,13,14). The van der Waals surface area contributed by atoms with E-state index in [-0.39, 0.29) is 6.04 Å². The van der Waals surface area contributed by atoms with Crippen LogP contribution < -0.4 is 5.32 Å². The average Bonchev–Trinajstić information content (AvgIpc) is 2.01. The minimum absolute atomic E-state index is 0.203. The van der Waals surface area contributed by atoms with Gasteiger partial charge in [0.05, 0.1) is 0 Å². The minimum atomic E-state index is -2.70. The predicted molar refractivity (Wildman–Crippen MR) is 55.9 cm³/mol. The van der Waals surface area contributed by atoms with Crippen molar-refractivity contribution in [3.63, 3.8) is 0 Å². The zero-order valence-electron chi connectivity index (χ0n) is 8.56. The van der Waals surface area contributed by atoms with Crippen molar-refractivity contribution in [2.45, 2.75) is 32.7 Å². The number of carbonyl (C=O) groups excluding carboxylic acids is 1. The lowest BCUT2D eigenvalue weighted by atomic mass is 10.2. The fraction of sp³-hybridized carbons (Fsp3) is 0.625. The van der Waals surface area contributed by atoms with Gasteiger partial charge in [0.25, 0.3) is 5.65 Å². The number of rotatable bonds is 6. The molecule has 0 radical (unpaired) electrons. The summed E-state index contributed by atoms with van der Waals surface area (Å²) in [6, 6.07) is -0.203. The van der Waals surface area contributed by atoms with Gasteiger partial charge < -0.3 is 15.5 Å². The summed E-state index contributed by atoms with van der Waals surface area (Å²) in [6.45, 7) is 3.62. The number of hydrogen-bond donors (Lipinski definition) is 3. The molecule has 7 heteroatoms. The van der Waals surface area contributed by atoms with Crippen molar-refractivity contribution < 1.29 is 24.6 Å². The zero-order valence-corrected chi connectivity index (χ0v) is 9.45. The molecule has 0 aromatic rings. The van der Waals surface area contributed by atoms with Crippen molar-refractivity contribution in [2.75, 3.05) is 0 Å². The molecule has 0 bridgehead atoms. The first kappa shape index (κ1) is 13.8. The molecule has 0 spiro atoms. The number of carboxylic acid groups (broad SMARTS) is 2. The highest BCUT2D eigenvalue weighted by molar-refractivity contribution is 8.00. The predicted octanol–water partition coefficient (Wildman–Crippen LogP) is 2.72. The number of hydrogen-bond acceptors (Lipinski definition) is 3. The quantitative estimate of drug-likeness (QED) is 0.614. The highest BCUT2D eigenvalue weighted by atomic mass is 31.1. The van der Waals surface area contributed by atoms with Gasteiger partial charge in [0.1, 0.15) is 0 Å². The Morgan fingerprint density at radius 2 is 1.73 bits per heavy atom. The van der Waals surface area contributed by atoms with Crippen molar-refractivity contribution in [3.05, 3.63) is 0 Å². The summed E-state index contributed by atoms with van der Waals surface area (Å²) in [7, 11) is -2.70. The van der Waals surface area contributed by atoms with Crippen molar-refractivity contribution >= 4 is 25.0 Å². The highest BCUT2D eigenvalue weighted by Crippen LogP contribution is 2.37. The van der Waals surface area contributed by atoms with E-state index in [9.17, 15) is 14.4 Å². The average molecular weight is 235 g/mol. The first-order valence-corrected chi connectivity index (χ1v) is 5.80. The van der Waals surface area contributed by atoms with E-state index in [1.165, 1.54) is 0 Å². The molecule has 0 aliphatic heterocycles. The van der Waals surface area contributed by atoms with E-state index < -0.39 is 25.0 Å². The molecule has 1 atom stereocenters. The molecule has 86 valence electrons. The van der Waals surface area contributed by atoms with Crippen LogP contribution >= 0.6 is 7.92 Å². The summed E-state index contributed by atoms with van der Waals surface area (Å²) >= 11 is 0. The van der Waals surface area contributed by atoms with Gasteiger partial charge in [-0.1, -0.05) is 13.3 Å². The molecule has 0 heterocycles. The Hall–Kier alpha value is -1.16. The number of carbonyl (C=O) groups is 3. The maximum atomic E-state index is 11.3. The van der Waals surface area contributed by atoms with Gasteiger partial charge in [0.2, 0.25) is 7.92 Å². The molecule has 0 fully saturated rings. The Morgan fingerprint density at radius 3 is 2.07 bits per heavy atom. The topological polar surface area (TPSA) is 104 Å². The van der Waals surface area contributed by atoms with E-state index >= 15 is 0 Å². The molecule has 3 N–H and O–H groups in total. The number of amides is 1. The van der Waals surface area contributed by atoms with Crippen LogP contribution in [-0.2, 0) is 0 Å². The van der Waals surface area contributed by atoms with Gasteiger partial charge in [-0.15, -0.1) is 0 Å². The molecule has 0 aromatic carbocycles. The van der Waals surface area contributed by atoms with Crippen molar-refractivity contribution in [2.24, 2.45) is 0 Å². The smallest absolute Gasteiger partial charge is 0.345 e. The maximum Gasteiger partial charge on any atom is 0.345 e. The van der Waals surface area contributed by atoms with Gasteiger partial charge in [0.15, 0.2) is 0 Å². The Bertz CT molecular complexity index is 254. The van der Waals surface area contributed by atoms with Crippen molar-refractivity contribution in [1.29, 1.82) is 0 Å². The third kappa shape index (κ3) is 4.74. The lowest BCUT2D eigenvalue weighted by molar-refractivity contribution is 0.214. The third-order valence-electron chi connectivity index (χ3n) is 1.68. The maximum absolute atomic E-state index is 11.3. The van der Waals surface area contributed by atoms with E-state index in [1.54, 1.807) is 6.92 Å². The summed E-state index contributed by atoms with van der Waals surface area (Å²) in [5, 5.41) is 19.5. The Kier molecular flexibility index (Phi) is 5.86. The fourth-order valence-electron chi connectivity index (χ4n) is 1.04. The summed E-state index contributed by atoms with van der Waals surface area (Å²) in [5.74, 6) is 0. The molecular formula is C8H14NO5P. The van der Waals surface area contributed by atoms with Crippen LogP contribution in [-0.4, -0.2) is 33.3 Å². The van der Waals surface area contributed by atoms with Crippen LogP contribution in [0.25, 0.3) is 0 Å². The van der Waals surface area contributed by atoms with Gasteiger partial charge in [-0.25, -0.2) is 9.59 Å². The van der Waals surface area contributed by atoms with E-state index in [4.69, 9.17) is 10.2 Å². The molecule has 1 unspecified atom stereocenters. The molecule has 6 nitrogen and oxygen atoms in total. The van der Waals surface area contributed by atoms with Crippen molar-refractivity contribution in [3.8, 4) is 0 Å². The summed E-state index contributed by atoms with van der Waals surface area (Å²) in [4.78, 5) is 32.3. The first-order valence-electron chi connectivity index (χ1n) is 4.46. The second kappa shape index (κ2) is 6.35. The fourth-order valence-corrected chi connectivity index (χ4v) is 1.90. The second-order valence-corrected chi connectivity index (χ2v) is 4.88. The van der Waals surface area contributed by atoms with Crippen LogP contribution in [0.1, 0.15) is 26.7 Å². The molecule has 0 aliphatic carbocycles. The van der Waals surface area contributed by atoms with Gasteiger partial charge in [-0.05, 0) is 13.3 Å². The van der Waals surface area contributed by atoms with Crippen LogP contribution in [0.5, 0.6) is 0 Å². The zero-order chi connectivity index (χ0) is 12.0. The van der Waals surface area contributed by atoms with Crippen LogP contribution in [0, 0.1) is 0 Å². The molecule has 0 aliphatic rings. The SMILES string of the molecule is CCCC(C)NC(=O)P(C(=O)O)C(=O)O.